The molecule has 5 N–H and O–H groups in total. The molecule has 1 aliphatic heterocycles. The molecule has 0 saturated carbocycles. The first kappa shape index (κ1) is 10.1. The third-order valence-electron chi connectivity index (χ3n) is 1.60. The summed E-state index contributed by atoms with van der Waals surface area (Å²) >= 11 is 0. The number of nitrogens with two attached hydrogens (primary N) is 1. The minimum Gasteiger partial charge on any atom is -1.00 e. The molecule has 1 saturated heterocycles. The molecule has 1 heterocycles. The summed E-state index contributed by atoms with van der Waals surface area (Å²) in [7, 11) is 0. The van der Waals surface area contributed by atoms with Crippen LogP contribution < -0.4 is 17.7 Å². The van der Waals surface area contributed by atoms with Gasteiger partial charge in [-0.25, -0.2) is 0 Å². The molecule has 0 radical (unpaired) electrons. The van der Waals surface area contributed by atoms with E-state index in [1.807, 2.05) is 0 Å². The van der Waals surface area contributed by atoms with Crippen molar-refractivity contribution in [3.8, 4) is 0 Å². The number of quaternary nitrogens is 1. The Morgan fingerprint density at radius 1 is 1.00 bits per heavy atom. The van der Waals surface area contributed by atoms with Gasteiger partial charge in [-0.2, -0.15) is 0 Å². The summed E-state index contributed by atoms with van der Waals surface area (Å²) in [5.41, 5.74) is 0. The van der Waals surface area contributed by atoms with Crippen LogP contribution in [0.25, 0.3) is 0 Å². The van der Waals surface area contributed by atoms with Crippen molar-refractivity contribution >= 4 is 0 Å². The Morgan fingerprint density at radius 3 is 1.70 bits per heavy atom. The van der Waals surface area contributed by atoms with Crippen LogP contribution in [0.3, 0.4) is 0 Å². The first-order chi connectivity index (χ1) is 4.22. The summed E-state index contributed by atoms with van der Waals surface area (Å²) in [5.74, 6) is 0. The van der Waals surface area contributed by atoms with Crippen molar-refractivity contribution in [2.75, 3.05) is 13.1 Å². The number of rotatable bonds is 0. The Labute approximate surface area is 65.3 Å². The van der Waals surface area contributed by atoms with Crippen molar-refractivity contribution in [3.05, 3.63) is 0 Å². The molecule has 10 heavy (non-hydrogen) atoms. The fraction of sp³-hybridized carbons (Fsp3) is 1.00. The van der Waals surface area contributed by atoms with Gasteiger partial charge in [0, 0.05) is 0 Å². The largest absolute Gasteiger partial charge is 1.00 e. The van der Waals surface area contributed by atoms with Gasteiger partial charge < -0.3 is 33.0 Å². The van der Waals surface area contributed by atoms with Gasteiger partial charge in [-0.05, 0) is 0 Å². The molecule has 62 valence electrons. The van der Waals surface area contributed by atoms with E-state index in [1.165, 1.54) is 0 Å². The van der Waals surface area contributed by atoms with Crippen molar-refractivity contribution in [2.45, 2.75) is 18.3 Å². The van der Waals surface area contributed by atoms with E-state index in [9.17, 15) is 0 Å². The van der Waals surface area contributed by atoms with Gasteiger partial charge in [-0.1, -0.05) is 0 Å². The minimum atomic E-state index is -0.949. The molecule has 4 nitrogen and oxygen atoms in total. The van der Waals surface area contributed by atoms with Crippen molar-refractivity contribution in [1.29, 1.82) is 0 Å². The lowest BCUT2D eigenvalue weighted by Gasteiger charge is -2.25. The molecule has 2 atom stereocenters. The maximum Gasteiger partial charge on any atom is 0.131 e. The molecule has 0 aliphatic carbocycles. The minimum absolute atomic E-state index is 0. The summed E-state index contributed by atoms with van der Waals surface area (Å²) < 4.78 is 0. The molecule has 5 heteroatoms. The zero-order chi connectivity index (χ0) is 6.85. The molecule has 0 aromatic carbocycles. The zero-order valence-corrected chi connectivity index (χ0v) is 6.20. The summed E-state index contributed by atoms with van der Waals surface area (Å²) in [6, 6.07) is 0. The number of piperidine rings is 1. The summed E-state index contributed by atoms with van der Waals surface area (Å²) in [6.45, 7) is 0.969. The molecular weight excluding hydrogens is 158 g/mol. The summed E-state index contributed by atoms with van der Waals surface area (Å²) in [4.78, 5) is 0. The third-order valence-corrected chi connectivity index (χ3v) is 1.60. The standard InChI is InChI=1S/C5H11NO3.ClH/c7-3-1-6-2-4(8)5(3)9;/h3-9H,1-2H2;1H/t3-,4-;/m1./s1. The van der Waals surface area contributed by atoms with Gasteiger partial charge in [0.05, 0.1) is 0 Å². The summed E-state index contributed by atoms with van der Waals surface area (Å²) in [5, 5.41) is 28.5. The first-order valence-corrected chi connectivity index (χ1v) is 3.07. The van der Waals surface area contributed by atoms with Crippen molar-refractivity contribution in [2.24, 2.45) is 0 Å². The van der Waals surface area contributed by atoms with Gasteiger partial charge in [0.25, 0.3) is 0 Å². The quantitative estimate of drug-likeness (QED) is 0.291. The average molecular weight is 170 g/mol. The molecular formula is C5H12ClNO3. The molecule has 0 unspecified atom stereocenters. The van der Waals surface area contributed by atoms with Gasteiger partial charge in [0.1, 0.15) is 31.4 Å². The van der Waals surface area contributed by atoms with Gasteiger partial charge >= 0.3 is 0 Å². The Kier molecular flexibility index (Phi) is 4.15. The third kappa shape index (κ3) is 2.07. The maximum absolute atomic E-state index is 8.93. The number of hydrogen-bond acceptors (Lipinski definition) is 3. The first-order valence-electron chi connectivity index (χ1n) is 3.07. The number of aliphatic hydroxyl groups is 3. The number of aliphatic hydroxyl groups excluding tert-OH is 3. The van der Waals surface area contributed by atoms with Crippen molar-refractivity contribution in [3.63, 3.8) is 0 Å². The number of halogens is 1. The predicted octanol–water partition coefficient (Wildman–Crippen LogP) is -6.35. The van der Waals surface area contributed by atoms with Crippen LogP contribution in [0.5, 0.6) is 0 Å². The Hall–Kier alpha value is 0.130. The van der Waals surface area contributed by atoms with E-state index < -0.39 is 18.3 Å². The van der Waals surface area contributed by atoms with Crippen molar-refractivity contribution < 1.29 is 33.0 Å². The monoisotopic (exact) mass is 169 g/mol. The van der Waals surface area contributed by atoms with Crippen LogP contribution >= 0.6 is 0 Å². The SMILES string of the molecule is OC1[C@H](O)C[NH2+]C[C@H]1O.[Cl-]. The lowest BCUT2D eigenvalue weighted by molar-refractivity contribution is -0.680. The molecule has 0 bridgehead atoms. The van der Waals surface area contributed by atoms with Gasteiger partial charge in [-0.3, -0.25) is 0 Å². The molecule has 1 aliphatic rings. The Bertz CT molecular complexity index is 92.9. The highest BCUT2D eigenvalue weighted by atomic mass is 35.5. The molecule has 1 rings (SSSR count). The number of hydrogen-bond donors (Lipinski definition) is 4. The van der Waals surface area contributed by atoms with E-state index in [2.05, 4.69) is 0 Å². The van der Waals surface area contributed by atoms with Crippen LogP contribution in [0.2, 0.25) is 0 Å². The fourth-order valence-corrected chi connectivity index (χ4v) is 0.973. The average Bonchev–Trinajstić information content (AvgIpc) is 1.83. The second-order valence-electron chi connectivity index (χ2n) is 2.39. The zero-order valence-electron chi connectivity index (χ0n) is 5.44. The van der Waals surface area contributed by atoms with E-state index in [0.29, 0.717) is 13.1 Å². The highest BCUT2D eigenvalue weighted by Crippen LogP contribution is 1.98. The summed E-state index contributed by atoms with van der Waals surface area (Å²) in [6.07, 6.45) is -2.49. The van der Waals surface area contributed by atoms with E-state index in [1.54, 1.807) is 5.32 Å². The van der Waals surface area contributed by atoms with Gasteiger partial charge in [0.2, 0.25) is 0 Å². The van der Waals surface area contributed by atoms with E-state index in [-0.39, 0.29) is 12.4 Å². The molecule has 1 fully saturated rings. The van der Waals surface area contributed by atoms with E-state index in [0.717, 1.165) is 0 Å². The Balaban J connectivity index is 0.000000810. The highest BCUT2D eigenvalue weighted by Gasteiger charge is 2.31. The van der Waals surface area contributed by atoms with E-state index >= 15 is 0 Å². The highest BCUT2D eigenvalue weighted by molar-refractivity contribution is 4.76. The van der Waals surface area contributed by atoms with Crippen LogP contribution in [0.15, 0.2) is 0 Å². The second-order valence-corrected chi connectivity index (χ2v) is 2.39. The van der Waals surface area contributed by atoms with Gasteiger partial charge in [0.15, 0.2) is 0 Å². The van der Waals surface area contributed by atoms with E-state index in [4.69, 9.17) is 15.3 Å². The fourth-order valence-electron chi connectivity index (χ4n) is 0.973. The smallest absolute Gasteiger partial charge is 0.131 e. The molecule has 0 aromatic heterocycles. The molecule has 0 amide bonds. The molecule has 0 aromatic rings. The maximum atomic E-state index is 8.93. The van der Waals surface area contributed by atoms with Crippen LogP contribution in [-0.4, -0.2) is 46.7 Å². The second kappa shape index (κ2) is 4.10. The normalized spacial score (nSPS) is 35.1. The van der Waals surface area contributed by atoms with Crippen LogP contribution in [0, 0.1) is 0 Å². The Morgan fingerprint density at radius 2 is 1.40 bits per heavy atom. The topological polar surface area (TPSA) is 77.3 Å². The lowest BCUT2D eigenvalue weighted by Crippen LogP contribution is -3.00. The van der Waals surface area contributed by atoms with Crippen LogP contribution in [0.1, 0.15) is 0 Å². The molecule has 0 spiro atoms. The van der Waals surface area contributed by atoms with Crippen LogP contribution in [0.4, 0.5) is 0 Å². The predicted molar refractivity (Wildman–Crippen MR) is 29.7 cm³/mol. The van der Waals surface area contributed by atoms with Crippen LogP contribution in [-0.2, 0) is 0 Å². The van der Waals surface area contributed by atoms with Crippen molar-refractivity contribution in [1.82, 2.24) is 0 Å². The van der Waals surface area contributed by atoms with Gasteiger partial charge in [-0.15, -0.1) is 0 Å². The lowest BCUT2D eigenvalue weighted by atomic mass is 10.0.